The van der Waals surface area contributed by atoms with E-state index < -0.39 is 10.0 Å². The van der Waals surface area contributed by atoms with Crippen LogP contribution in [0.1, 0.15) is 80.2 Å². The van der Waals surface area contributed by atoms with Crippen LogP contribution in [-0.4, -0.2) is 91.5 Å². The summed E-state index contributed by atoms with van der Waals surface area (Å²) in [6, 6.07) is 9.75. The Balaban J connectivity index is 1.06. The smallest absolute Gasteiger partial charge is 0.226 e. The number of piperidine rings is 1. The average Bonchev–Trinajstić information content (AvgIpc) is 3.52. The van der Waals surface area contributed by atoms with Gasteiger partial charge in [-0.05, 0) is 89.1 Å². The minimum absolute atomic E-state index is 0.0394. The van der Waals surface area contributed by atoms with E-state index in [9.17, 15) is 18.0 Å². The molecule has 2 aromatic rings. The number of fused-ring (bicyclic) bond motifs is 1. The summed E-state index contributed by atoms with van der Waals surface area (Å²) in [7, 11) is -3.32. The van der Waals surface area contributed by atoms with Crippen LogP contribution < -0.4 is 15.4 Å². The molecule has 2 amide bonds. The van der Waals surface area contributed by atoms with Crippen LogP contribution in [0.2, 0.25) is 0 Å². The summed E-state index contributed by atoms with van der Waals surface area (Å²) < 4.78 is 31.9. The molecule has 1 unspecified atom stereocenters. The SMILES string of the molecule is Cc1nc(CCC(=O)NCCN2CCC3(CCCCc4ccccc4OCCNC3=O)CC2)cc(C2CCCN2S(C)(=O)=O)n1. The normalized spacial score (nSPS) is 21.6. The molecule has 0 radical (unpaired) electrons. The monoisotopic (exact) mass is 640 g/mol. The maximum Gasteiger partial charge on any atom is 0.226 e. The van der Waals surface area contributed by atoms with Crippen molar-refractivity contribution in [1.29, 1.82) is 0 Å². The molecule has 3 aliphatic heterocycles. The molecule has 1 aromatic heterocycles. The standard InChI is InChI=1S/C33H48N6O5S/c1-25-36-27(24-28(37-25)29-10-7-19-39(29)45(2,42)43)12-13-31(40)34-17-22-38-20-15-33(16-21-38)14-6-5-9-26-8-3-4-11-30(26)44-23-18-35-32(33)41/h3-4,8,11,24,29H,5-7,9-10,12-23H2,1-2H3,(H,34,40)(H,35,41). The van der Waals surface area contributed by atoms with Gasteiger partial charge in [0, 0.05) is 31.7 Å². The fourth-order valence-electron chi connectivity index (χ4n) is 7.01. The molecule has 5 rings (SSSR count). The Morgan fingerprint density at radius 1 is 1.11 bits per heavy atom. The van der Waals surface area contributed by atoms with Gasteiger partial charge in [0.1, 0.15) is 18.2 Å². The van der Waals surface area contributed by atoms with Crippen LogP contribution >= 0.6 is 0 Å². The summed E-state index contributed by atoms with van der Waals surface area (Å²) in [4.78, 5) is 37.4. The predicted octanol–water partition coefficient (Wildman–Crippen LogP) is 2.93. The molecule has 12 heteroatoms. The zero-order valence-electron chi connectivity index (χ0n) is 26.7. The average molecular weight is 641 g/mol. The number of likely N-dealkylation sites (tertiary alicyclic amines) is 1. The summed E-state index contributed by atoms with van der Waals surface area (Å²) in [5.74, 6) is 1.61. The van der Waals surface area contributed by atoms with E-state index in [0.29, 0.717) is 50.6 Å². The Morgan fingerprint density at radius 3 is 2.71 bits per heavy atom. The third kappa shape index (κ3) is 8.80. The molecule has 3 aliphatic rings. The van der Waals surface area contributed by atoms with E-state index in [0.717, 1.165) is 82.4 Å². The number of rotatable bonds is 8. The van der Waals surface area contributed by atoms with Gasteiger partial charge >= 0.3 is 0 Å². The third-order valence-electron chi connectivity index (χ3n) is 9.50. The number of hydrogen-bond acceptors (Lipinski definition) is 8. The summed E-state index contributed by atoms with van der Waals surface area (Å²) in [6.07, 6.45) is 9.05. The van der Waals surface area contributed by atoms with Gasteiger partial charge in [-0.1, -0.05) is 24.6 Å². The molecule has 45 heavy (non-hydrogen) atoms. The van der Waals surface area contributed by atoms with Gasteiger partial charge in [-0.2, -0.15) is 4.31 Å². The van der Waals surface area contributed by atoms with Gasteiger partial charge in [0.2, 0.25) is 21.8 Å². The Hall–Kier alpha value is -3.09. The van der Waals surface area contributed by atoms with E-state index in [-0.39, 0.29) is 23.3 Å². The van der Waals surface area contributed by atoms with Crippen LogP contribution in [0.4, 0.5) is 0 Å². The first-order valence-corrected chi connectivity index (χ1v) is 18.3. The maximum absolute atomic E-state index is 13.3. The zero-order valence-corrected chi connectivity index (χ0v) is 27.5. The van der Waals surface area contributed by atoms with Gasteiger partial charge in [0.15, 0.2) is 0 Å². The van der Waals surface area contributed by atoms with E-state index in [2.05, 4.69) is 37.6 Å². The van der Waals surface area contributed by atoms with Gasteiger partial charge in [0.05, 0.1) is 30.0 Å². The van der Waals surface area contributed by atoms with Crippen molar-refractivity contribution in [3.05, 3.63) is 53.1 Å². The first-order chi connectivity index (χ1) is 21.6. The lowest BCUT2D eigenvalue weighted by atomic mass is 9.73. The van der Waals surface area contributed by atoms with E-state index >= 15 is 0 Å². The molecule has 1 aromatic carbocycles. The minimum atomic E-state index is -3.32. The minimum Gasteiger partial charge on any atom is -0.491 e. The van der Waals surface area contributed by atoms with E-state index in [1.165, 1.54) is 16.1 Å². The van der Waals surface area contributed by atoms with Crippen molar-refractivity contribution < 1.29 is 22.7 Å². The number of amides is 2. The third-order valence-corrected chi connectivity index (χ3v) is 10.8. The molecule has 0 saturated carbocycles. The molecule has 2 fully saturated rings. The molecular weight excluding hydrogens is 592 g/mol. The van der Waals surface area contributed by atoms with Crippen molar-refractivity contribution in [3.63, 3.8) is 0 Å². The lowest BCUT2D eigenvalue weighted by Crippen LogP contribution is -2.50. The Labute approximate surface area is 267 Å². The summed E-state index contributed by atoms with van der Waals surface area (Å²) in [5.41, 5.74) is 2.35. The van der Waals surface area contributed by atoms with Crippen molar-refractivity contribution in [2.45, 2.75) is 77.2 Å². The van der Waals surface area contributed by atoms with E-state index in [4.69, 9.17) is 4.74 Å². The number of nitrogens with one attached hydrogen (secondary N) is 2. The topological polar surface area (TPSA) is 134 Å². The van der Waals surface area contributed by atoms with Crippen LogP contribution in [0.5, 0.6) is 5.75 Å². The fourth-order valence-corrected chi connectivity index (χ4v) is 8.14. The number of ether oxygens (including phenoxy) is 1. The van der Waals surface area contributed by atoms with E-state index in [1.54, 1.807) is 6.92 Å². The van der Waals surface area contributed by atoms with Crippen LogP contribution in [0.25, 0.3) is 0 Å². The molecule has 1 spiro atoms. The molecule has 246 valence electrons. The highest BCUT2D eigenvalue weighted by Crippen LogP contribution is 2.38. The van der Waals surface area contributed by atoms with Crippen LogP contribution in [0.3, 0.4) is 0 Å². The van der Waals surface area contributed by atoms with Crippen molar-refractivity contribution in [2.24, 2.45) is 5.41 Å². The van der Waals surface area contributed by atoms with Gasteiger partial charge in [-0.3, -0.25) is 9.59 Å². The van der Waals surface area contributed by atoms with Gasteiger partial charge in [-0.15, -0.1) is 0 Å². The second kappa shape index (κ2) is 15.0. The van der Waals surface area contributed by atoms with E-state index in [1.807, 2.05) is 18.2 Å². The number of carbonyl (C=O) groups is 2. The lowest BCUT2D eigenvalue weighted by Gasteiger charge is -2.41. The summed E-state index contributed by atoms with van der Waals surface area (Å²) in [6.45, 7) is 6.22. The number of para-hydroxylation sites is 1. The number of benzene rings is 1. The quantitative estimate of drug-likeness (QED) is 0.450. The summed E-state index contributed by atoms with van der Waals surface area (Å²) in [5, 5.41) is 6.19. The predicted molar refractivity (Wildman–Crippen MR) is 172 cm³/mol. The number of nitrogens with zero attached hydrogens (tertiary/aromatic N) is 4. The highest BCUT2D eigenvalue weighted by atomic mass is 32.2. The van der Waals surface area contributed by atoms with Gasteiger partial charge < -0.3 is 20.3 Å². The second-order valence-corrected chi connectivity index (χ2v) is 14.7. The molecule has 11 nitrogen and oxygen atoms in total. The Bertz CT molecular complexity index is 1440. The number of aromatic nitrogens is 2. The maximum atomic E-state index is 13.3. The number of sulfonamides is 1. The lowest BCUT2D eigenvalue weighted by molar-refractivity contribution is -0.134. The largest absolute Gasteiger partial charge is 0.491 e. The number of hydrogen-bond donors (Lipinski definition) is 2. The van der Waals surface area contributed by atoms with Crippen LogP contribution in [0, 0.1) is 12.3 Å². The first-order valence-electron chi connectivity index (χ1n) is 16.4. The van der Waals surface area contributed by atoms with Crippen molar-refractivity contribution in [2.75, 3.05) is 52.1 Å². The molecule has 0 aliphatic carbocycles. The number of carbonyl (C=O) groups excluding carboxylic acids is 2. The molecule has 2 saturated heterocycles. The first kappa shape index (κ1) is 33.3. The molecule has 4 heterocycles. The molecule has 0 bridgehead atoms. The van der Waals surface area contributed by atoms with Crippen LogP contribution in [0.15, 0.2) is 30.3 Å². The molecule has 1 atom stereocenters. The van der Waals surface area contributed by atoms with Crippen molar-refractivity contribution >= 4 is 21.8 Å². The van der Waals surface area contributed by atoms with Crippen molar-refractivity contribution in [1.82, 2.24) is 29.8 Å². The van der Waals surface area contributed by atoms with Gasteiger partial charge in [-0.25, -0.2) is 18.4 Å². The Kier molecular flexibility index (Phi) is 11.1. The summed E-state index contributed by atoms with van der Waals surface area (Å²) >= 11 is 0. The fraction of sp³-hybridized carbons (Fsp3) is 0.636. The van der Waals surface area contributed by atoms with Crippen molar-refractivity contribution in [3.8, 4) is 5.75 Å². The molecule has 2 N–H and O–H groups in total. The van der Waals surface area contributed by atoms with Gasteiger partial charge in [0.25, 0.3) is 0 Å². The number of aryl methyl sites for hydroxylation is 3. The zero-order chi connectivity index (χ0) is 31.9. The highest BCUT2D eigenvalue weighted by molar-refractivity contribution is 7.88. The van der Waals surface area contributed by atoms with Crippen LogP contribution in [-0.2, 0) is 32.5 Å². The highest BCUT2D eigenvalue weighted by Gasteiger charge is 2.40. The second-order valence-electron chi connectivity index (χ2n) is 12.8. The Morgan fingerprint density at radius 2 is 1.91 bits per heavy atom. The molecular formula is C33H48N6O5S.